The first-order valence-electron chi connectivity index (χ1n) is 5.73. The molecule has 0 saturated heterocycles. The Hall–Kier alpha value is -1.08. The first-order valence-corrected chi connectivity index (χ1v) is 7.97. The van der Waals surface area contributed by atoms with E-state index in [4.69, 9.17) is 23.2 Å². The Morgan fingerprint density at radius 3 is 2.55 bits per heavy atom. The summed E-state index contributed by atoms with van der Waals surface area (Å²) in [6.07, 6.45) is 1.33. The number of halogens is 2. The van der Waals surface area contributed by atoms with Gasteiger partial charge in [0, 0.05) is 13.6 Å². The van der Waals surface area contributed by atoms with E-state index in [-0.39, 0.29) is 11.4 Å². The standard InChI is InChI=1S/C12H13Cl2N3O2S/c1-8-12(7-15-17(8)2)20(18,19)16-6-9-3-4-10(13)11(14)5-9/h3-5,7,16H,6H2,1-2H3. The van der Waals surface area contributed by atoms with Crippen LogP contribution in [0.2, 0.25) is 10.0 Å². The number of hydrogen-bond donors (Lipinski definition) is 1. The van der Waals surface area contributed by atoms with E-state index in [9.17, 15) is 8.42 Å². The van der Waals surface area contributed by atoms with Gasteiger partial charge in [0.25, 0.3) is 0 Å². The van der Waals surface area contributed by atoms with Crippen molar-refractivity contribution < 1.29 is 8.42 Å². The van der Waals surface area contributed by atoms with E-state index in [1.807, 2.05) is 0 Å². The molecular weight excluding hydrogens is 321 g/mol. The Morgan fingerprint density at radius 2 is 2.00 bits per heavy atom. The van der Waals surface area contributed by atoms with Gasteiger partial charge in [-0.05, 0) is 24.6 Å². The van der Waals surface area contributed by atoms with E-state index in [0.29, 0.717) is 15.7 Å². The molecule has 108 valence electrons. The predicted octanol–water partition coefficient (Wildman–Crippen LogP) is 2.51. The number of hydrogen-bond acceptors (Lipinski definition) is 3. The molecule has 0 amide bonds. The second kappa shape index (κ2) is 5.73. The summed E-state index contributed by atoms with van der Waals surface area (Å²) >= 11 is 11.7. The summed E-state index contributed by atoms with van der Waals surface area (Å²) in [5, 5.41) is 4.74. The molecule has 0 radical (unpaired) electrons. The lowest BCUT2D eigenvalue weighted by Crippen LogP contribution is -2.23. The highest BCUT2D eigenvalue weighted by molar-refractivity contribution is 7.89. The van der Waals surface area contributed by atoms with Crippen molar-refractivity contribution in [3.05, 3.63) is 45.7 Å². The zero-order chi connectivity index (χ0) is 14.9. The number of aryl methyl sites for hydroxylation is 1. The summed E-state index contributed by atoms with van der Waals surface area (Å²) in [5.74, 6) is 0. The highest BCUT2D eigenvalue weighted by Gasteiger charge is 2.19. The van der Waals surface area contributed by atoms with Gasteiger partial charge in [0.2, 0.25) is 10.0 Å². The van der Waals surface area contributed by atoms with Crippen molar-refractivity contribution in [2.75, 3.05) is 0 Å². The van der Waals surface area contributed by atoms with Gasteiger partial charge >= 0.3 is 0 Å². The minimum absolute atomic E-state index is 0.132. The Morgan fingerprint density at radius 1 is 1.30 bits per heavy atom. The number of aromatic nitrogens is 2. The highest BCUT2D eigenvalue weighted by atomic mass is 35.5. The lowest BCUT2D eigenvalue weighted by Gasteiger charge is -2.07. The quantitative estimate of drug-likeness (QED) is 0.934. The van der Waals surface area contributed by atoms with Gasteiger partial charge in [-0.3, -0.25) is 4.68 Å². The van der Waals surface area contributed by atoms with Crippen LogP contribution in [0.1, 0.15) is 11.3 Å². The maximum atomic E-state index is 12.2. The largest absolute Gasteiger partial charge is 0.272 e. The van der Waals surface area contributed by atoms with Crippen molar-refractivity contribution in [1.29, 1.82) is 0 Å². The summed E-state index contributed by atoms with van der Waals surface area (Å²) in [4.78, 5) is 0.167. The maximum Gasteiger partial charge on any atom is 0.244 e. The second-order valence-electron chi connectivity index (χ2n) is 4.29. The average molecular weight is 334 g/mol. The molecule has 0 unspecified atom stereocenters. The summed E-state index contributed by atoms with van der Waals surface area (Å²) in [6, 6.07) is 4.97. The van der Waals surface area contributed by atoms with Crippen LogP contribution in [-0.4, -0.2) is 18.2 Å². The number of sulfonamides is 1. The van der Waals surface area contributed by atoms with Crippen molar-refractivity contribution in [3.8, 4) is 0 Å². The normalized spacial score (nSPS) is 11.8. The number of benzene rings is 1. The van der Waals surface area contributed by atoms with Crippen molar-refractivity contribution >= 4 is 33.2 Å². The fourth-order valence-corrected chi connectivity index (χ4v) is 3.19. The average Bonchev–Trinajstić information content (AvgIpc) is 2.72. The molecule has 2 rings (SSSR count). The highest BCUT2D eigenvalue weighted by Crippen LogP contribution is 2.23. The van der Waals surface area contributed by atoms with Gasteiger partial charge < -0.3 is 0 Å². The molecular formula is C12H13Cl2N3O2S. The molecule has 2 aromatic rings. The third kappa shape index (κ3) is 3.15. The molecule has 0 fully saturated rings. The van der Waals surface area contributed by atoms with Crippen molar-refractivity contribution in [3.63, 3.8) is 0 Å². The van der Waals surface area contributed by atoms with Gasteiger partial charge in [-0.1, -0.05) is 29.3 Å². The maximum absolute atomic E-state index is 12.2. The molecule has 1 aromatic carbocycles. The number of nitrogens with zero attached hydrogens (tertiary/aromatic N) is 2. The van der Waals surface area contributed by atoms with Crippen LogP contribution in [0.4, 0.5) is 0 Å². The van der Waals surface area contributed by atoms with E-state index in [0.717, 1.165) is 5.56 Å². The molecule has 5 nitrogen and oxygen atoms in total. The zero-order valence-corrected chi connectivity index (χ0v) is 13.2. The van der Waals surface area contributed by atoms with Crippen molar-refractivity contribution in [2.45, 2.75) is 18.4 Å². The van der Waals surface area contributed by atoms with Gasteiger partial charge in [-0.15, -0.1) is 0 Å². The SMILES string of the molecule is Cc1c(S(=O)(=O)NCc2ccc(Cl)c(Cl)c2)cnn1C. The van der Waals surface area contributed by atoms with Crippen molar-refractivity contribution in [1.82, 2.24) is 14.5 Å². The van der Waals surface area contributed by atoms with Crippen LogP contribution in [0, 0.1) is 6.92 Å². The molecule has 0 bridgehead atoms. The molecule has 1 heterocycles. The Bertz CT molecular complexity index is 741. The van der Waals surface area contributed by atoms with Gasteiger partial charge in [0.05, 0.1) is 21.9 Å². The van der Waals surface area contributed by atoms with Crippen LogP contribution < -0.4 is 4.72 Å². The molecule has 0 atom stereocenters. The zero-order valence-electron chi connectivity index (χ0n) is 10.9. The molecule has 8 heteroatoms. The third-order valence-corrected chi connectivity index (χ3v) is 5.17. The topological polar surface area (TPSA) is 64.0 Å². The van der Waals surface area contributed by atoms with Crippen LogP contribution >= 0.6 is 23.2 Å². The minimum atomic E-state index is -3.60. The van der Waals surface area contributed by atoms with Crippen LogP contribution in [0.25, 0.3) is 0 Å². The molecule has 0 saturated carbocycles. The van der Waals surface area contributed by atoms with Crippen molar-refractivity contribution in [2.24, 2.45) is 7.05 Å². The summed E-state index contributed by atoms with van der Waals surface area (Å²) in [6.45, 7) is 1.83. The molecule has 0 spiro atoms. The Kier molecular flexibility index (Phi) is 4.39. The van der Waals surface area contributed by atoms with Gasteiger partial charge in [-0.25, -0.2) is 13.1 Å². The molecule has 0 aliphatic heterocycles. The summed E-state index contributed by atoms with van der Waals surface area (Å²) in [5.41, 5.74) is 1.30. The second-order valence-corrected chi connectivity index (χ2v) is 6.84. The van der Waals surface area contributed by atoms with Gasteiger partial charge in [0.1, 0.15) is 4.90 Å². The van der Waals surface area contributed by atoms with Crippen LogP contribution in [0.3, 0.4) is 0 Å². The molecule has 20 heavy (non-hydrogen) atoms. The van der Waals surface area contributed by atoms with Crippen LogP contribution in [0.15, 0.2) is 29.3 Å². The van der Waals surface area contributed by atoms with E-state index in [2.05, 4.69) is 9.82 Å². The fourth-order valence-electron chi connectivity index (χ4n) is 1.65. The summed E-state index contributed by atoms with van der Waals surface area (Å²) in [7, 11) is -1.91. The molecule has 0 aliphatic rings. The smallest absolute Gasteiger partial charge is 0.244 e. The van der Waals surface area contributed by atoms with Crippen LogP contribution in [0.5, 0.6) is 0 Å². The van der Waals surface area contributed by atoms with E-state index in [1.54, 1.807) is 32.2 Å². The van der Waals surface area contributed by atoms with Gasteiger partial charge in [0.15, 0.2) is 0 Å². The fraction of sp³-hybridized carbons (Fsp3) is 0.250. The number of nitrogens with one attached hydrogen (secondary N) is 1. The van der Waals surface area contributed by atoms with E-state index >= 15 is 0 Å². The van der Waals surface area contributed by atoms with E-state index < -0.39 is 10.0 Å². The van der Waals surface area contributed by atoms with E-state index in [1.165, 1.54) is 10.9 Å². The lowest BCUT2D eigenvalue weighted by molar-refractivity contribution is 0.580. The first-order chi connectivity index (χ1) is 9.31. The first kappa shape index (κ1) is 15.3. The molecule has 1 aromatic heterocycles. The lowest BCUT2D eigenvalue weighted by atomic mass is 10.2. The molecule has 0 aliphatic carbocycles. The monoisotopic (exact) mass is 333 g/mol. The Balaban J connectivity index is 2.17. The molecule has 1 N–H and O–H groups in total. The third-order valence-electron chi connectivity index (χ3n) is 2.93. The predicted molar refractivity (Wildman–Crippen MR) is 78.4 cm³/mol. The Labute approximate surface area is 127 Å². The minimum Gasteiger partial charge on any atom is -0.272 e. The van der Waals surface area contributed by atoms with Crippen LogP contribution in [-0.2, 0) is 23.6 Å². The summed E-state index contributed by atoms with van der Waals surface area (Å²) < 4.78 is 28.4. The number of rotatable bonds is 4. The van der Waals surface area contributed by atoms with Gasteiger partial charge in [-0.2, -0.15) is 5.10 Å².